The highest BCUT2D eigenvalue weighted by Gasteiger charge is 2.31. The summed E-state index contributed by atoms with van der Waals surface area (Å²) in [6, 6.07) is 23.0. The average Bonchev–Trinajstić information content (AvgIpc) is 3.32. The molecule has 204 valence electrons. The van der Waals surface area contributed by atoms with E-state index in [1.165, 1.54) is 11.3 Å². The molecule has 0 saturated carbocycles. The molecule has 0 atom stereocenters. The maximum absolute atomic E-state index is 13.6. The first kappa shape index (κ1) is 27.2. The summed E-state index contributed by atoms with van der Waals surface area (Å²) >= 11 is 7.35. The van der Waals surface area contributed by atoms with Crippen molar-refractivity contribution in [3.8, 4) is 11.5 Å². The first-order chi connectivity index (χ1) is 19.4. The van der Waals surface area contributed by atoms with Crippen LogP contribution in [0.15, 0.2) is 78.9 Å². The largest absolute Gasteiger partial charge is 0.457 e. The zero-order chi connectivity index (χ0) is 28.1. The Labute approximate surface area is 240 Å². The van der Waals surface area contributed by atoms with Crippen LogP contribution in [0.25, 0.3) is 0 Å². The Kier molecular flexibility index (Phi) is 8.33. The van der Waals surface area contributed by atoms with Crippen molar-refractivity contribution in [3.05, 3.63) is 105 Å². The number of nitrogens with one attached hydrogen (secondary N) is 2. The Hall–Kier alpha value is -4.34. The Bertz CT molecular complexity index is 1540. The van der Waals surface area contributed by atoms with Crippen molar-refractivity contribution in [3.63, 3.8) is 0 Å². The Balaban J connectivity index is 1.39. The van der Waals surface area contributed by atoms with E-state index in [1.54, 1.807) is 60.4 Å². The fourth-order valence-corrected chi connectivity index (χ4v) is 5.78. The average molecular weight is 576 g/mol. The molecule has 0 saturated heterocycles. The fourth-order valence-electron chi connectivity index (χ4n) is 4.33. The normalized spacial score (nSPS) is 12.3. The summed E-state index contributed by atoms with van der Waals surface area (Å²) in [4.78, 5) is 41.4. The predicted molar refractivity (Wildman–Crippen MR) is 156 cm³/mol. The summed E-state index contributed by atoms with van der Waals surface area (Å²) in [6.07, 6.45) is 0.0412. The molecule has 0 radical (unpaired) electrons. The van der Waals surface area contributed by atoms with Crippen LogP contribution in [0.1, 0.15) is 38.1 Å². The van der Waals surface area contributed by atoms with Crippen LogP contribution in [0.4, 0.5) is 15.5 Å². The number of rotatable bonds is 7. The van der Waals surface area contributed by atoms with Gasteiger partial charge in [0, 0.05) is 27.7 Å². The van der Waals surface area contributed by atoms with Gasteiger partial charge in [0.15, 0.2) is 0 Å². The molecule has 10 heteroatoms. The number of thiophene rings is 1. The summed E-state index contributed by atoms with van der Waals surface area (Å²) in [5.74, 6) is 0.590. The molecular weight excluding hydrogens is 550 g/mol. The van der Waals surface area contributed by atoms with Crippen molar-refractivity contribution >= 4 is 51.5 Å². The van der Waals surface area contributed by atoms with Crippen LogP contribution in [0, 0.1) is 0 Å². The Morgan fingerprint density at radius 3 is 2.40 bits per heavy atom. The van der Waals surface area contributed by atoms with Crippen LogP contribution in [-0.4, -0.2) is 36.0 Å². The first-order valence-corrected chi connectivity index (χ1v) is 13.9. The van der Waals surface area contributed by atoms with E-state index in [0.29, 0.717) is 51.3 Å². The van der Waals surface area contributed by atoms with E-state index in [9.17, 15) is 14.4 Å². The molecule has 5 rings (SSSR count). The second kappa shape index (κ2) is 12.2. The summed E-state index contributed by atoms with van der Waals surface area (Å²) in [5.41, 5.74) is 2.12. The number of nitrogens with zero attached hydrogens (tertiary/aromatic N) is 1. The molecule has 0 fully saturated rings. The van der Waals surface area contributed by atoms with Gasteiger partial charge in [-0.2, -0.15) is 0 Å². The summed E-state index contributed by atoms with van der Waals surface area (Å²) in [6.45, 7) is 2.72. The number of carbonyl (C=O) groups excluding carboxylic acids is 3. The lowest BCUT2D eigenvalue weighted by Crippen LogP contribution is -2.36. The zero-order valence-electron chi connectivity index (χ0n) is 21.6. The molecule has 3 amide bonds. The standard InChI is InChI=1S/C30H26ClN3O5S/c1-2-38-30(37)34-16-15-24-25(18-34)40-29(33-27(35)19-7-6-8-20(31)17-19)26(24)28(36)32-21-11-13-23(14-12-21)39-22-9-4-3-5-10-22/h3-14,17H,2,15-16,18H2,1H3,(H,32,36)(H,33,35). The van der Waals surface area contributed by atoms with Crippen LogP contribution >= 0.6 is 22.9 Å². The topological polar surface area (TPSA) is 97.0 Å². The smallest absolute Gasteiger partial charge is 0.410 e. The second-order valence-corrected chi connectivity index (χ2v) is 10.5. The first-order valence-electron chi connectivity index (χ1n) is 12.7. The fraction of sp³-hybridized carbons (Fsp3) is 0.167. The molecule has 3 aromatic carbocycles. The molecule has 40 heavy (non-hydrogen) atoms. The molecule has 4 aromatic rings. The molecule has 1 aliphatic rings. The number of hydrogen-bond acceptors (Lipinski definition) is 6. The van der Waals surface area contributed by atoms with E-state index in [1.807, 2.05) is 30.3 Å². The van der Waals surface area contributed by atoms with Gasteiger partial charge in [0.25, 0.3) is 11.8 Å². The summed E-state index contributed by atoms with van der Waals surface area (Å²) in [7, 11) is 0. The number of halogens is 1. The van der Waals surface area contributed by atoms with E-state index < -0.39 is 6.09 Å². The number of carbonyl (C=O) groups is 3. The lowest BCUT2D eigenvalue weighted by molar-refractivity contribution is 0.101. The minimum Gasteiger partial charge on any atom is -0.457 e. The zero-order valence-corrected chi connectivity index (χ0v) is 23.2. The van der Waals surface area contributed by atoms with Gasteiger partial charge in [0.1, 0.15) is 16.5 Å². The highest BCUT2D eigenvalue weighted by molar-refractivity contribution is 7.17. The minimum absolute atomic E-state index is 0.274. The van der Waals surface area contributed by atoms with Crippen molar-refractivity contribution in [2.45, 2.75) is 19.9 Å². The van der Waals surface area contributed by atoms with E-state index in [-0.39, 0.29) is 25.0 Å². The van der Waals surface area contributed by atoms with Crippen LogP contribution in [0.2, 0.25) is 5.02 Å². The molecule has 0 spiro atoms. The summed E-state index contributed by atoms with van der Waals surface area (Å²) in [5, 5.41) is 6.66. The van der Waals surface area contributed by atoms with E-state index in [4.69, 9.17) is 21.1 Å². The van der Waals surface area contributed by atoms with Gasteiger partial charge in [0.2, 0.25) is 0 Å². The predicted octanol–water partition coefficient (Wildman–Crippen LogP) is 7.21. The van der Waals surface area contributed by atoms with Crippen LogP contribution in [0.5, 0.6) is 11.5 Å². The van der Waals surface area contributed by atoms with Gasteiger partial charge in [-0.1, -0.05) is 35.9 Å². The molecule has 1 aliphatic heterocycles. The number of anilines is 2. The van der Waals surface area contributed by atoms with Crippen molar-refractivity contribution in [2.75, 3.05) is 23.8 Å². The second-order valence-electron chi connectivity index (χ2n) is 8.94. The van der Waals surface area contributed by atoms with Crippen molar-refractivity contribution in [2.24, 2.45) is 0 Å². The van der Waals surface area contributed by atoms with Crippen molar-refractivity contribution in [1.82, 2.24) is 4.90 Å². The van der Waals surface area contributed by atoms with Crippen molar-refractivity contribution < 1.29 is 23.9 Å². The number of amides is 3. The molecule has 8 nitrogen and oxygen atoms in total. The van der Waals surface area contributed by atoms with E-state index in [2.05, 4.69) is 10.6 Å². The maximum atomic E-state index is 13.6. The third kappa shape index (κ3) is 6.27. The van der Waals surface area contributed by atoms with Crippen LogP contribution in [-0.2, 0) is 17.7 Å². The van der Waals surface area contributed by atoms with Gasteiger partial charge in [-0.15, -0.1) is 11.3 Å². The number of fused-ring (bicyclic) bond motifs is 1. The number of para-hydroxylation sites is 1. The minimum atomic E-state index is -0.408. The summed E-state index contributed by atoms with van der Waals surface area (Å²) < 4.78 is 11.0. The molecule has 0 bridgehead atoms. The highest BCUT2D eigenvalue weighted by Crippen LogP contribution is 2.38. The van der Waals surface area contributed by atoms with Gasteiger partial charge in [-0.3, -0.25) is 9.59 Å². The molecular formula is C30H26ClN3O5S. The molecule has 1 aromatic heterocycles. The van der Waals surface area contributed by atoms with E-state index in [0.717, 1.165) is 10.4 Å². The number of benzene rings is 3. The quantitative estimate of drug-likeness (QED) is 0.243. The molecule has 0 unspecified atom stereocenters. The van der Waals surface area contributed by atoms with Crippen molar-refractivity contribution in [1.29, 1.82) is 0 Å². The molecule has 2 N–H and O–H groups in total. The van der Waals surface area contributed by atoms with Crippen LogP contribution < -0.4 is 15.4 Å². The third-order valence-corrected chi connectivity index (χ3v) is 7.58. The Morgan fingerprint density at radius 1 is 0.925 bits per heavy atom. The number of hydrogen-bond donors (Lipinski definition) is 2. The van der Waals surface area contributed by atoms with Gasteiger partial charge in [-0.05, 0) is 73.5 Å². The van der Waals surface area contributed by atoms with Gasteiger partial charge in [-0.25, -0.2) is 4.79 Å². The maximum Gasteiger partial charge on any atom is 0.410 e. The van der Waals surface area contributed by atoms with Gasteiger partial charge < -0.3 is 25.0 Å². The van der Waals surface area contributed by atoms with Crippen LogP contribution in [0.3, 0.4) is 0 Å². The molecule has 0 aliphatic carbocycles. The highest BCUT2D eigenvalue weighted by atomic mass is 35.5. The molecule has 2 heterocycles. The van der Waals surface area contributed by atoms with Gasteiger partial charge >= 0.3 is 6.09 Å². The number of ether oxygens (including phenoxy) is 2. The SMILES string of the molecule is CCOC(=O)N1CCc2c(sc(NC(=O)c3cccc(Cl)c3)c2C(=O)Nc2ccc(Oc3ccccc3)cc2)C1. The monoisotopic (exact) mass is 575 g/mol. The lowest BCUT2D eigenvalue weighted by atomic mass is 10.0. The lowest BCUT2D eigenvalue weighted by Gasteiger charge is -2.26. The Morgan fingerprint density at radius 2 is 1.68 bits per heavy atom. The third-order valence-electron chi connectivity index (χ3n) is 6.21. The van der Waals surface area contributed by atoms with E-state index >= 15 is 0 Å². The van der Waals surface area contributed by atoms with Gasteiger partial charge in [0.05, 0.1) is 18.7 Å².